The molecule has 0 amide bonds. The van der Waals surface area contributed by atoms with Gasteiger partial charge in [-0.15, -0.1) is 0 Å². The van der Waals surface area contributed by atoms with E-state index in [1.54, 1.807) is 0 Å². The number of carbonyl (C=O) groups excluding carboxylic acids is 1. The summed E-state index contributed by atoms with van der Waals surface area (Å²) in [5.41, 5.74) is 0.777. The maximum absolute atomic E-state index is 10.1. The number of ether oxygens (including phenoxy) is 1. The molecule has 0 N–H and O–H groups in total. The van der Waals surface area contributed by atoms with Crippen LogP contribution in [0, 0.1) is 0 Å². The van der Waals surface area contributed by atoms with E-state index in [9.17, 15) is 4.79 Å². The van der Waals surface area contributed by atoms with E-state index in [-0.39, 0.29) is 5.60 Å². The van der Waals surface area contributed by atoms with Crippen LogP contribution in [0.5, 0.6) is 5.75 Å². The highest BCUT2D eigenvalue weighted by Crippen LogP contribution is 2.18. The maximum atomic E-state index is 10.1. The van der Waals surface area contributed by atoms with Crippen molar-refractivity contribution >= 4 is 6.29 Å². The summed E-state index contributed by atoms with van der Waals surface area (Å²) in [6.07, 6.45) is 2.20. The average Bonchev–Trinajstić information content (AvgIpc) is 2.06. The minimum Gasteiger partial charge on any atom is -0.488 e. The zero-order valence-electron chi connectivity index (χ0n) is 8.83. The summed E-state index contributed by atoms with van der Waals surface area (Å²) in [5.74, 6) is 0.826. The molecule has 75 valence electrons. The van der Waals surface area contributed by atoms with E-state index in [2.05, 4.69) is 0 Å². The highest BCUT2D eigenvalue weighted by Gasteiger charge is 2.11. The van der Waals surface area contributed by atoms with Gasteiger partial charge in [0.25, 0.3) is 0 Å². The Morgan fingerprint density at radius 1 is 1.21 bits per heavy atom. The van der Waals surface area contributed by atoms with Gasteiger partial charge in [-0.2, -0.15) is 0 Å². The Morgan fingerprint density at radius 3 is 2.21 bits per heavy atom. The van der Waals surface area contributed by atoms with Crippen LogP contribution in [0.1, 0.15) is 26.3 Å². The molecule has 0 aromatic heterocycles. The van der Waals surface area contributed by atoms with Gasteiger partial charge in [-0.1, -0.05) is 12.1 Å². The smallest absolute Gasteiger partial charge is 0.203 e. The standard InChI is InChI=1S/C12H15O2/c1-12(2,3)14-11-6-4-10(5-7-11)8-9-13/h4-7H,8H2,1-3H3. The van der Waals surface area contributed by atoms with Crippen molar-refractivity contribution in [2.75, 3.05) is 0 Å². The van der Waals surface area contributed by atoms with Crippen molar-refractivity contribution in [2.45, 2.75) is 32.8 Å². The molecule has 0 fully saturated rings. The molecular formula is C12H15O2. The molecule has 0 aliphatic carbocycles. The van der Waals surface area contributed by atoms with Gasteiger partial charge in [0, 0.05) is 6.42 Å². The molecule has 0 saturated heterocycles. The van der Waals surface area contributed by atoms with E-state index in [4.69, 9.17) is 4.74 Å². The monoisotopic (exact) mass is 191 g/mol. The van der Waals surface area contributed by atoms with Gasteiger partial charge in [-0.3, -0.25) is 4.79 Å². The van der Waals surface area contributed by atoms with Crippen molar-refractivity contribution in [3.05, 3.63) is 29.8 Å². The second-order valence-electron chi connectivity index (χ2n) is 4.18. The molecule has 2 nitrogen and oxygen atoms in total. The summed E-state index contributed by atoms with van der Waals surface area (Å²) in [6.45, 7) is 6.00. The molecule has 0 atom stereocenters. The van der Waals surface area contributed by atoms with Crippen LogP contribution in [0.15, 0.2) is 24.3 Å². The summed E-state index contributed by atoms with van der Waals surface area (Å²) in [5, 5.41) is 0. The van der Waals surface area contributed by atoms with E-state index in [0.29, 0.717) is 6.42 Å². The topological polar surface area (TPSA) is 26.3 Å². The third-order valence-corrected chi connectivity index (χ3v) is 1.62. The fraction of sp³-hybridized carbons (Fsp3) is 0.417. The number of rotatable bonds is 3. The van der Waals surface area contributed by atoms with Gasteiger partial charge in [0.05, 0.1) is 0 Å². The molecule has 1 aromatic carbocycles. The Bertz CT molecular complexity index is 293. The van der Waals surface area contributed by atoms with E-state index >= 15 is 0 Å². The zero-order chi connectivity index (χ0) is 10.6. The lowest BCUT2D eigenvalue weighted by molar-refractivity contribution is 0.131. The molecule has 0 unspecified atom stereocenters. The highest BCUT2D eigenvalue weighted by atomic mass is 16.5. The first-order chi connectivity index (χ1) is 6.51. The predicted molar refractivity (Wildman–Crippen MR) is 56.2 cm³/mol. The average molecular weight is 191 g/mol. The Labute approximate surface area is 84.9 Å². The SMILES string of the molecule is CC(C)(C)Oc1ccc(C[C]=O)cc1. The van der Waals surface area contributed by atoms with Crippen molar-refractivity contribution in [3.8, 4) is 5.75 Å². The fourth-order valence-electron chi connectivity index (χ4n) is 1.11. The van der Waals surface area contributed by atoms with Crippen molar-refractivity contribution in [1.82, 2.24) is 0 Å². The first-order valence-corrected chi connectivity index (χ1v) is 4.64. The van der Waals surface area contributed by atoms with Crippen LogP contribution in [0.3, 0.4) is 0 Å². The van der Waals surface area contributed by atoms with Gasteiger partial charge in [0.15, 0.2) is 0 Å². The third-order valence-electron chi connectivity index (χ3n) is 1.62. The minimum atomic E-state index is -0.182. The zero-order valence-corrected chi connectivity index (χ0v) is 8.83. The van der Waals surface area contributed by atoms with Crippen LogP contribution in [0.4, 0.5) is 0 Å². The van der Waals surface area contributed by atoms with Crippen LogP contribution in [-0.2, 0) is 11.2 Å². The Kier molecular flexibility index (Phi) is 3.28. The van der Waals surface area contributed by atoms with Crippen molar-refractivity contribution < 1.29 is 9.53 Å². The largest absolute Gasteiger partial charge is 0.488 e. The normalized spacial score (nSPS) is 11.1. The van der Waals surface area contributed by atoms with E-state index in [0.717, 1.165) is 11.3 Å². The molecule has 0 aliphatic heterocycles. The first-order valence-electron chi connectivity index (χ1n) is 4.64. The molecule has 14 heavy (non-hydrogen) atoms. The Hall–Kier alpha value is -1.31. The van der Waals surface area contributed by atoms with E-state index in [1.807, 2.05) is 51.3 Å². The molecule has 0 spiro atoms. The summed E-state index contributed by atoms with van der Waals surface area (Å²) in [4.78, 5) is 10.1. The molecule has 0 heterocycles. The molecule has 2 heteroatoms. The van der Waals surface area contributed by atoms with Crippen LogP contribution in [0.2, 0.25) is 0 Å². The highest BCUT2D eigenvalue weighted by molar-refractivity contribution is 5.55. The van der Waals surface area contributed by atoms with Crippen LogP contribution < -0.4 is 4.74 Å². The second kappa shape index (κ2) is 4.27. The molecule has 0 bridgehead atoms. The fourth-order valence-corrected chi connectivity index (χ4v) is 1.11. The van der Waals surface area contributed by atoms with Crippen molar-refractivity contribution in [1.29, 1.82) is 0 Å². The quantitative estimate of drug-likeness (QED) is 0.733. The van der Waals surface area contributed by atoms with Gasteiger partial charge < -0.3 is 4.74 Å². The summed E-state index contributed by atoms with van der Waals surface area (Å²) < 4.78 is 5.64. The van der Waals surface area contributed by atoms with E-state index < -0.39 is 0 Å². The predicted octanol–water partition coefficient (Wildman–Crippen LogP) is 2.52. The van der Waals surface area contributed by atoms with E-state index in [1.165, 1.54) is 0 Å². The molecular weight excluding hydrogens is 176 g/mol. The lowest BCUT2D eigenvalue weighted by atomic mass is 10.1. The lowest BCUT2D eigenvalue weighted by Gasteiger charge is -2.21. The van der Waals surface area contributed by atoms with Gasteiger partial charge in [-0.25, -0.2) is 0 Å². The lowest BCUT2D eigenvalue weighted by Crippen LogP contribution is -2.22. The third kappa shape index (κ3) is 3.60. The Balaban J connectivity index is 2.68. The van der Waals surface area contributed by atoms with Crippen LogP contribution >= 0.6 is 0 Å². The molecule has 1 rings (SSSR count). The maximum Gasteiger partial charge on any atom is 0.203 e. The summed E-state index contributed by atoms with van der Waals surface area (Å²) in [7, 11) is 0. The number of hydrogen-bond acceptors (Lipinski definition) is 2. The van der Waals surface area contributed by atoms with Crippen molar-refractivity contribution in [3.63, 3.8) is 0 Å². The van der Waals surface area contributed by atoms with Gasteiger partial charge in [-0.05, 0) is 38.5 Å². The molecule has 1 radical (unpaired) electrons. The van der Waals surface area contributed by atoms with Gasteiger partial charge >= 0.3 is 0 Å². The minimum absolute atomic E-state index is 0.182. The summed E-state index contributed by atoms with van der Waals surface area (Å²) in [6, 6.07) is 7.51. The molecule has 0 saturated carbocycles. The molecule has 0 aliphatic rings. The second-order valence-corrected chi connectivity index (χ2v) is 4.18. The molecule has 1 aromatic rings. The Morgan fingerprint density at radius 2 is 1.79 bits per heavy atom. The summed E-state index contributed by atoms with van der Waals surface area (Å²) >= 11 is 0. The number of hydrogen-bond donors (Lipinski definition) is 0. The van der Waals surface area contributed by atoms with Crippen LogP contribution in [-0.4, -0.2) is 11.9 Å². The van der Waals surface area contributed by atoms with Gasteiger partial charge in [0.1, 0.15) is 11.4 Å². The van der Waals surface area contributed by atoms with Crippen LogP contribution in [0.25, 0.3) is 0 Å². The number of benzene rings is 1. The van der Waals surface area contributed by atoms with Gasteiger partial charge in [0.2, 0.25) is 6.29 Å². The first kappa shape index (κ1) is 10.8. The van der Waals surface area contributed by atoms with Crippen molar-refractivity contribution in [2.24, 2.45) is 0 Å².